The molecule has 2 saturated heterocycles. The van der Waals surface area contributed by atoms with Gasteiger partial charge in [0.2, 0.25) is 4.93 Å². The van der Waals surface area contributed by atoms with Gasteiger partial charge in [0.25, 0.3) is 5.79 Å². The van der Waals surface area contributed by atoms with E-state index >= 15 is 0 Å². The molecule has 12 atom stereocenters. The van der Waals surface area contributed by atoms with Crippen LogP contribution in [-0.4, -0.2) is 171 Å². The minimum absolute atomic E-state index is 0.192. The van der Waals surface area contributed by atoms with Gasteiger partial charge in [0.15, 0.2) is 18.3 Å². The fourth-order valence-electron chi connectivity index (χ4n) is 8.40. The van der Waals surface area contributed by atoms with Gasteiger partial charge in [0.05, 0.1) is 45.9 Å². The number of amides is 2. The lowest BCUT2D eigenvalue weighted by Crippen LogP contribution is -2.72. The van der Waals surface area contributed by atoms with Crippen molar-refractivity contribution in [3.05, 3.63) is 66.2 Å². The summed E-state index contributed by atoms with van der Waals surface area (Å²) in [6.07, 6.45) is -33.0. The molecule has 442 valence electrons. The average Bonchev–Trinajstić information content (AvgIpc) is 3.36. The van der Waals surface area contributed by atoms with Gasteiger partial charge in [-0.15, -0.1) is 0 Å². The minimum Gasteiger partial charge on any atom is -0.466 e. The van der Waals surface area contributed by atoms with Crippen molar-refractivity contribution < 1.29 is 131 Å². The van der Waals surface area contributed by atoms with Gasteiger partial charge in [-0.25, -0.2) is 9.59 Å². The third-order valence-corrected chi connectivity index (χ3v) is 12.6. The Balaban J connectivity index is 2.17. The summed E-state index contributed by atoms with van der Waals surface area (Å²) >= 11 is 0.540. The van der Waals surface area contributed by atoms with Gasteiger partial charge in [0, 0.05) is 52.9 Å². The Morgan fingerprint density at radius 2 is 1.05 bits per heavy atom. The first-order valence-electron chi connectivity index (χ1n) is 23.7. The lowest BCUT2D eigenvalue weighted by Gasteiger charge is -2.51. The van der Waals surface area contributed by atoms with E-state index in [0.717, 1.165) is 41.7 Å². The van der Waals surface area contributed by atoms with Gasteiger partial charge >= 0.3 is 71.9 Å². The summed E-state index contributed by atoms with van der Waals surface area (Å²) in [6, 6.07) is 10.4. The molecule has 2 heterocycles. The first kappa shape index (κ1) is 65.4. The molecule has 2 aromatic carbocycles. The van der Waals surface area contributed by atoms with Gasteiger partial charge in [-0.1, -0.05) is 60.3 Å². The second-order valence-corrected chi connectivity index (χ2v) is 18.9. The third kappa shape index (κ3) is 18.2. The molecule has 4 rings (SSSR count). The largest absolute Gasteiger partial charge is 0.471 e. The van der Waals surface area contributed by atoms with Gasteiger partial charge < -0.3 is 67.5 Å². The number of carbonyl (C=O) groups excluding carboxylic acids is 10. The first-order valence-corrected chi connectivity index (χ1v) is 24.5. The summed E-state index contributed by atoms with van der Waals surface area (Å²) in [4.78, 5) is 130. The van der Waals surface area contributed by atoms with E-state index in [-0.39, 0.29) is 4.90 Å². The Morgan fingerprint density at radius 3 is 1.50 bits per heavy atom. The Bertz CT molecular complexity index is 2540. The van der Waals surface area contributed by atoms with Crippen molar-refractivity contribution in [3.8, 4) is 0 Å². The van der Waals surface area contributed by atoms with Crippen LogP contribution in [0.1, 0.15) is 59.9 Å². The predicted molar refractivity (Wildman–Crippen MR) is 252 cm³/mol. The van der Waals surface area contributed by atoms with Crippen molar-refractivity contribution in [3.63, 3.8) is 0 Å². The van der Waals surface area contributed by atoms with Crippen LogP contribution in [0.4, 0.5) is 26.3 Å². The minimum atomic E-state index is -5.76. The quantitative estimate of drug-likeness (QED) is 0.0918. The molecule has 2 aliphatic heterocycles. The molecule has 2 amide bonds. The van der Waals surface area contributed by atoms with Crippen LogP contribution in [0.15, 0.2) is 65.6 Å². The molecule has 0 radical (unpaired) electrons. The van der Waals surface area contributed by atoms with Gasteiger partial charge in [-0.05, 0) is 17.7 Å². The summed E-state index contributed by atoms with van der Waals surface area (Å²) in [5, 5.41) is 3.21. The Hall–Kier alpha value is -7.09. The van der Waals surface area contributed by atoms with E-state index in [2.05, 4.69) is 0 Å². The number of hydrogen-bond acceptors (Lipinski definition) is 23. The zero-order valence-corrected chi connectivity index (χ0v) is 44.6. The number of ether oxygens (including phenoxy) is 12. The van der Waals surface area contributed by atoms with Gasteiger partial charge in [0.1, 0.15) is 37.1 Å². The van der Waals surface area contributed by atoms with Crippen LogP contribution in [0, 0.1) is 0 Å². The average molecular weight is 1170 g/mol. The lowest BCUT2D eigenvalue weighted by atomic mass is 9.87. The molecule has 2 fully saturated rings. The summed E-state index contributed by atoms with van der Waals surface area (Å²) in [6.45, 7) is 2.00. The highest BCUT2D eigenvalue weighted by atomic mass is 32.2. The van der Waals surface area contributed by atoms with Crippen LogP contribution in [0.2, 0.25) is 0 Å². The van der Waals surface area contributed by atoms with Crippen LogP contribution in [0.3, 0.4) is 0 Å². The molecule has 0 spiro atoms. The molecule has 24 nitrogen and oxygen atoms in total. The first-order chi connectivity index (χ1) is 37.3. The Labute approximate surface area is 455 Å². The molecule has 0 aromatic heterocycles. The molecule has 0 bridgehead atoms. The summed E-state index contributed by atoms with van der Waals surface area (Å²) in [7, 11) is 1.56. The highest BCUT2D eigenvalue weighted by Crippen LogP contribution is 2.47. The standard InChI is InChI=1S/C49H56F6N2O22S/c1-24(58)71-23-34(74-27(4)61)38(75-28(5)62)40-36(56-42(64)48(50,51)52)32(72-25(2)59)19-46(78-40,44(66)68-7)77-35(22-70-21-30-15-11-9-12-16-30)39(76-29(6)63)41-37(57-43(65)49(53,54)55)33(73-26(3)60)20-47(79-41,45(67)69-8)80-31-17-13-10-14-18-31/h9-18,32-41H,19-23H2,1-8H3,(H,56,64)(H,57,65)/t32-,33-,34+,35+,36+,37+,38+,39+,40+,41+,46+,47-/m0/s1. The smallest absolute Gasteiger partial charge is 0.466 e. The number of hydrogen-bond donors (Lipinski definition) is 2. The fourth-order valence-corrected chi connectivity index (χ4v) is 9.65. The fraction of sp³-hybridized carbons (Fsp3) is 0.551. The van der Waals surface area contributed by atoms with Crippen molar-refractivity contribution in [2.24, 2.45) is 0 Å². The van der Waals surface area contributed by atoms with E-state index in [1.807, 2.05) is 0 Å². The molecular formula is C49H56F6N2O22S. The highest BCUT2D eigenvalue weighted by molar-refractivity contribution is 8.01. The van der Waals surface area contributed by atoms with E-state index in [4.69, 9.17) is 56.8 Å². The van der Waals surface area contributed by atoms with Gasteiger partial charge in [-0.3, -0.25) is 38.4 Å². The van der Waals surface area contributed by atoms with Crippen molar-refractivity contribution in [2.45, 2.75) is 150 Å². The van der Waals surface area contributed by atoms with Crippen LogP contribution >= 0.6 is 11.8 Å². The SMILES string of the molecule is COC(=O)[C@@]1(O[C@H](COCc2ccccc2)[C@@H](OC(C)=O)[C@@H]2O[C@@](Sc3ccccc3)(C(=O)OC)C[C@H](OC(C)=O)[C@H]2NC(=O)C(F)(F)F)C[C@H](OC(C)=O)[C@@H](NC(=O)C(F)(F)F)[C@H]([C@H](OC(C)=O)[C@@H](COC(C)=O)OC(C)=O)O1. The molecule has 0 unspecified atom stereocenters. The number of nitrogens with one attached hydrogen (secondary N) is 2. The van der Waals surface area contributed by atoms with Crippen molar-refractivity contribution in [1.29, 1.82) is 0 Å². The zero-order valence-electron chi connectivity index (χ0n) is 43.7. The maximum absolute atomic E-state index is 14.7. The number of methoxy groups -OCH3 is 2. The topological polar surface area (TPSA) is 306 Å². The second-order valence-electron chi connectivity index (χ2n) is 17.5. The Morgan fingerprint density at radius 1 is 0.588 bits per heavy atom. The predicted octanol–water partition coefficient (Wildman–Crippen LogP) is 3.01. The zero-order chi connectivity index (χ0) is 59.9. The lowest BCUT2D eigenvalue weighted by molar-refractivity contribution is -0.339. The number of alkyl halides is 6. The molecular weight excluding hydrogens is 1110 g/mol. The Kier molecular flexibility index (Phi) is 23.2. The van der Waals surface area contributed by atoms with E-state index in [9.17, 15) is 74.3 Å². The summed E-state index contributed by atoms with van der Waals surface area (Å²) in [5.41, 5.74) is 0.391. The van der Waals surface area contributed by atoms with Gasteiger partial charge in [-0.2, -0.15) is 26.3 Å². The highest BCUT2D eigenvalue weighted by Gasteiger charge is 2.64. The van der Waals surface area contributed by atoms with Crippen molar-refractivity contribution in [2.75, 3.05) is 27.4 Å². The number of rotatable bonds is 23. The number of halogens is 6. The molecule has 2 N–H and O–H groups in total. The van der Waals surface area contributed by atoms with E-state index in [1.165, 1.54) is 36.4 Å². The molecule has 2 aliphatic rings. The maximum atomic E-state index is 14.7. The summed E-state index contributed by atoms with van der Waals surface area (Å²) in [5.74, 6) is -19.7. The van der Waals surface area contributed by atoms with E-state index in [1.54, 1.807) is 34.9 Å². The van der Waals surface area contributed by atoms with E-state index < -0.39 is 176 Å². The normalized spacial score (nSPS) is 24.4. The number of benzene rings is 2. The molecule has 80 heavy (non-hydrogen) atoms. The van der Waals surface area contributed by atoms with Crippen LogP contribution < -0.4 is 10.6 Å². The number of esters is 8. The van der Waals surface area contributed by atoms with Crippen LogP contribution in [-0.2, 0) is 111 Å². The monoisotopic (exact) mass is 1170 g/mol. The second kappa shape index (κ2) is 28.4. The van der Waals surface area contributed by atoms with Crippen LogP contribution in [0.25, 0.3) is 0 Å². The molecule has 0 saturated carbocycles. The van der Waals surface area contributed by atoms with Crippen molar-refractivity contribution >= 4 is 71.3 Å². The molecule has 31 heteroatoms. The van der Waals surface area contributed by atoms with Crippen molar-refractivity contribution in [1.82, 2.24) is 10.6 Å². The summed E-state index contributed by atoms with van der Waals surface area (Å²) < 4.78 is 154. The molecule has 2 aromatic rings. The van der Waals surface area contributed by atoms with Crippen LogP contribution in [0.5, 0.6) is 0 Å². The number of carbonyl (C=O) groups is 10. The number of thioether (sulfide) groups is 1. The van der Waals surface area contributed by atoms with E-state index in [0.29, 0.717) is 31.4 Å². The molecule has 0 aliphatic carbocycles. The maximum Gasteiger partial charge on any atom is 0.471 e. The third-order valence-electron chi connectivity index (χ3n) is 11.4.